The summed E-state index contributed by atoms with van der Waals surface area (Å²) in [5.41, 5.74) is 0.510. The van der Waals surface area contributed by atoms with Crippen molar-refractivity contribution in [1.82, 2.24) is 5.32 Å². The number of amides is 2. The second-order valence-corrected chi connectivity index (χ2v) is 7.22. The van der Waals surface area contributed by atoms with Crippen molar-refractivity contribution in [2.45, 2.75) is 26.3 Å². The molecule has 2 amide bonds. The summed E-state index contributed by atoms with van der Waals surface area (Å²) in [5, 5.41) is 8.02. The molecule has 0 spiro atoms. The first kappa shape index (κ1) is 17.9. The lowest BCUT2D eigenvalue weighted by Gasteiger charge is -2.21. The summed E-state index contributed by atoms with van der Waals surface area (Å²) < 4.78 is 0. The van der Waals surface area contributed by atoms with Crippen LogP contribution in [0, 0.1) is 0 Å². The number of quaternary nitrogens is 1. The molecular formula is C19H26N3O2+. The molecule has 1 unspecified atom stereocenters. The predicted molar refractivity (Wildman–Crippen MR) is 97.1 cm³/mol. The Bertz CT molecular complexity index is 735. The van der Waals surface area contributed by atoms with E-state index in [0.29, 0.717) is 0 Å². The Kier molecular flexibility index (Phi) is 5.57. The Hall–Kier alpha value is -2.40. The van der Waals surface area contributed by atoms with E-state index in [1.165, 1.54) is 0 Å². The van der Waals surface area contributed by atoms with Crippen LogP contribution in [0.5, 0.6) is 0 Å². The largest absolute Gasteiger partial charge is 0.347 e. The lowest BCUT2D eigenvalue weighted by atomic mass is 10.1. The lowest BCUT2D eigenvalue weighted by Crippen LogP contribution is -3.11. The number of nitrogens with one attached hydrogen (secondary N) is 3. The minimum absolute atomic E-state index is 0.0569. The van der Waals surface area contributed by atoms with Crippen LogP contribution >= 0.6 is 0 Å². The van der Waals surface area contributed by atoms with Crippen LogP contribution in [-0.2, 0) is 9.59 Å². The van der Waals surface area contributed by atoms with Gasteiger partial charge >= 0.3 is 0 Å². The van der Waals surface area contributed by atoms with Gasteiger partial charge in [-0.1, -0.05) is 30.3 Å². The van der Waals surface area contributed by atoms with E-state index in [-0.39, 0.29) is 30.4 Å². The Morgan fingerprint density at radius 3 is 2.25 bits per heavy atom. The third-order valence-electron chi connectivity index (χ3n) is 3.47. The highest BCUT2D eigenvalue weighted by atomic mass is 16.2. The Morgan fingerprint density at radius 1 is 0.958 bits per heavy atom. The third kappa shape index (κ3) is 5.66. The number of rotatable bonds is 5. The highest BCUT2D eigenvalue weighted by Gasteiger charge is 2.18. The van der Waals surface area contributed by atoms with Gasteiger partial charge in [-0.05, 0) is 43.7 Å². The topological polar surface area (TPSA) is 62.6 Å². The molecule has 3 N–H and O–H groups in total. The van der Waals surface area contributed by atoms with Gasteiger partial charge in [0.2, 0.25) is 0 Å². The molecule has 2 aromatic rings. The highest BCUT2D eigenvalue weighted by Crippen LogP contribution is 2.18. The van der Waals surface area contributed by atoms with Crippen molar-refractivity contribution in [1.29, 1.82) is 0 Å². The number of hydrogen-bond acceptors (Lipinski definition) is 2. The highest BCUT2D eigenvalue weighted by molar-refractivity contribution is 5.95. The van der Waals surface area contributed by atoms with Gasteiger partial charge in [-0.3, -0.25) is 9.59 Å². The molecule has 0 saturated heterocycles. The van der Waals surface area contributed by atoms with E-state index >= 15 is 0 Å². The fraction of sp³-hybridized carbons (Fsp3) is 0.368. The maximum Gasteiger partial charge on any atom is 0.279 e. The number of carbonyl (C=O) groups is 2. The Morgan fingerprint density at radius 2 is 1.58 bits per heavy atom. The lowest BCUT2D eigenvalue weighted by molar-refractivity contribution is -0.862. The zero-order valence-electron chi connectivity index (χ0n) is 14.8. The second-order valence-electron chi connectivity index (χ2n) is 7.22. The molecule has 2 rings (SSSR count). The van der Waals surface area contributed by atoms with E-state index in [1.807, 2.05) is 70.3 Å². The summed E-state index contributed by atoms with van der Waals surface area (Å²) in [4.78, 5) is 24.9. The van der Waals surface area contributed by atoms with Gasteiger partial charge in [0.1, 0.15) is 0 Å². The molecule has 5 heteroatoms. The molecule has 0 aliphatic carbocycles. The zero-order valence-corrected chi connectivity index (χ0v) is 14.8. The summed E-state index contributed by atoms with van der Waals surface area (Å²) in [7, 11) is 1.84. The van der Waals surface area contributed by atoms with Crippen LogP contribution in [0.3, 0.4) is 0 Å². The van der Waals surface area contributed by atoms with E-state index in [9.17, 15) is 9.59 Å². The molecule has 0 bridgehead atoms. The smallest absolute Gasteiger partial charge is 0.279 e. The van der Waals surface area contributed by atoms with Crippen LogP contribution < -0.4 is 15.5 Å². The van der Waals surface area contributed by atoms with Crippen molar-refractivity contribution in [3.05, 3.63) is 42.5 Å². The molecule has 0 heterocycles. The number of carbonyl (C=O) groups excluding carboxylic acids is 2. The van der Waals surface area contributed by atoms with E-state index in [0.717, 1.165) is 21.4 Å². The van der Waals surface area contributed by atoms with E-state index < -0.39 is 0 Å². The molecule has 5 nitrogen and oxygen atoms in total. The van der Waals surface area contributed by atoms with Crippen molar-refractivity contribution < 1.29 is 14.5 Å². The summed E-state index contributed by atoms with van der Waals surface area (Å²) in [5.74, 6) is -0.162. The van der Waals surface area contributed by atoms with Crippen LogP contribution in [-0.4, -0.2) is 37.5 Å². The van der Waals surface area contributed by atoms with Crippen LogP contribution in [0.25, 0.3) is 10.8 Å². The Balaban J connectivity index is 1.88. The summed E-state index contributed by atoms with van der Waals surface area (Å²) in [6.45, 7) is 6.32. The number of fused-ring (bicyclic) bond motifs is 1. The number of anilines is 1. The molecule has 1 atom stereocenters. The fourth-order valence-electron chi connectivity index (χ4n) is 2.55. The van der Waals surface area contributed by atoms with E-state index in [1.54, 1.807) is 0 Å². The summed E-state index contributed by atoms with van der Waals surface area (Å²) in [6.07, 6.45) is 0. The molecule has 0 aliphatic heterocycles. The molecule has 0 saturated carbocycles. The molecule has 0 aromatic heterocycles. The maximum absolute atomic E-state index is 12.2. The number of likely N-dealkylation sites (N-methyl/N-ethyl adjacent to an activating group) is 1. The standard InChI is InChI=1S/C19H25N3O2/c1-19(2,3)21-18(24)13-22(4)12-17(23)20-16-10-9-14-7-5-6-8-15(14)11-16/h5-11H,12-13H2,1-4H3,(H,20,23)(H,21,24)/p+1. The van der Waals surface area contributed by atoms with Crippen LogP contribution in [0.15, 0.2) is 42.5 Å². The van der Waals surface area contributed by atoms with Gasteiger partial charge in [-0.15, -0.1) is 0 Å². The minimum atomic E-state index is -0.259. The van der Waals surface area contributed by atoms with Gasteiger partial charge in [0.25, 0.3) is 11.8 Å². The molecule has 2 aromatic carbocycles. The van der Waals surface area contributed by atoms with Crippen LogP contribution in [0.1, 0.15) is 20.8 Å². The first-order valence-electron chi connectivity index (χ1n) is 8.14. The van der Waals surface area contributed by atoms with Gasteiger partial charge < -0.3 is 15.5 Å². The summed E-state index contributed by atoms with van der Waals surface area (Å²) in [6, 6.07) is 13.8. The SMILES string of the molecule is C[NH+](CC(=O)Nc1ccc2ccccc2c1)CC(=O)NC(C)(C)C. The van der Waals surface area contributed by atoms with Crippen molar-refractivity contribution in [3.63, 3.8) is 0 Å². The first-order chi connectivity index (χ1) is 11.2. The first-order valence-corrected chi connectivity index (χ1v) is 8.14. The molecule has 0 aliphatic rings. The third-order valence-corrected chi connectivity index (χ3v) is 3.47. The van der Waals surface area contributed by atoms with Gasteiger partial charge in [0.05, 0.1) is 7.05 Å². The predicted octanol–water partition coefficient (Wildman–Crippen LogP) is 1.21. The van der Waals surface area contributed by atoms with Crippen LogP contribution in [0.4, 0.5) is 5.69 Å². The van der Waals surface area contributed by atoms with Crippen molar-refractivity contribution in [2.75, 3.05) is 25.5 Å². The molecular weight excluding hydrogens is 302 g/mol. The summed E-state index contributed by atoms with van der Waals surface area (Å²) >= 11 is 0. The van der Waals surface area contributed by atoms with Gasteiger partial charge in [0, 0.05) is 11.2 Å². The minimum Gasteiger partial charge on any atom is -0.347 e. The van der Waals surface area contributed by atoms with Crippen molar-refractivity contribution in [3.8, 4) is 0 Å². The fourth-order valence-corrected chi connectivity index (χ4v) is 2.55. The van der Waals surface area contributed by atoms with E-state index in [4.69, 9.17) is 0 Å². The number of hydrogen-bond donors (Lipinski definition) is 3. The molecule has 0 fully saturated rings. The van der Waals surface area contributed by atoms with Gasteiger partial charge in [-0.2, -0.15) is 0 Å². The van der Waals surface area contributed by atoms with Gasteiger partial charge in [-0.25, -0.2) is 0 Å². The maximum atomic E-state index is 12.2. The van der Waals surface area contributed by atoms with E-state index in [2.05, 4.69) is 10.6 Å². The second kappa shape index (κ2) is 7.45. The zero-order chi connectivity index (χ0) is 17.7. The molecule has 24 heavy (non-hydrogen) atoms. The molecule has 128 valence electrons. The van der Waals surface area contributed by atoms with Crippen molar-refractivity contribution in [2.24, 2.45) is 0 Å². The molecule has 0 radical (unpaired) electrons. The Labute approximate surface area is 143 Å². The van der Waals surface area contributed by atoms with Crippen molar-refractivity contribution >= 4 is 28.3 Å². The van der Waals surface area contributed by atoms with Gasteiger partial charge in [0.15, 0.2) is 13.1 Å². The van der Waals surface area contributed by atoms with Crippen LogP contribution in [0.2, 0.25) is 0 Å². The monoisotopic (exact) mass is 328 g/mol. The number of benzene rings is 2. The average molecular weight is 328 g/mol. The average Bonchev–Trinajstić information content (AvgIpc) is 2.44. The quantitative estimate of drug-likeness (QED) is 0.772. The normalized spacial score (nSPS) is 12.7.